The summed E-state index contributed by atoms with van der Waals surface area (Å²) in [6.45, 7) is 2.53. The second-order valence-electron chi connectivity index (χ2n) is 7.11. The molecule has 1 amide bonds. The van der Waals surface area contributed by atoms with E-state index in [1.807, 2.05) is 74.4 Å². The first kappa shape index (κ1) is 21.2. The number of nitrogens with one attached hydrogen (secondary N) is 2. The molecule has 0 aliphatic heterocycles. The number of hydrogen-bond acceptors (Lipinski definition) is 4. The molecule has 0 unspecified atom stereocenters. The summed E-state index contributed by atoms with van der Waals surface area (Å²) in [4.78, 5) is 14.7. The van der Waals surface area contributed by atoms with Crippen LogP contribution in [0.3, 0.4) is 0 Å². The molecule has 1 atom stereocenters. The topological polar surface area (TPSA) is 66.0 Å². The zero-order valence-electron chi connectivity index (χ0n) is 16.6. The van der Waals surface area contributed by atoms with Crippen LogP contribution in [0.2, 0.25) is 5.02 Å². The molecule has 0 saturated heterocycles. The Kier molecular flexibility index (Phi) is 6.84. The molecule has 2 aromatic carbocycles. The number of aromatic nitrogens is 3. The Bertz CT molecular complexity index is 1060. The maximum absolute atomic E-state index is 12.7. The number of benzene rings is 2. The van der Waals surface area contributed by atoms with Gasteiger partial charge >= 0.3 is 0 Å². The summed E-state index contributed by atoms with van der Waals surface area (Å²) >= 11 is 11.7. The van der Waals surface area contributed by atoms with E-state index in [4.69, 9.17) is 23.8 Å². The number of rotatable bonds is 7. The molecule has 0 saturated carbocycles. The number of amides is 1. The van der Waals surface area contributed by atoms with Gasteiger partial charge in [-0.3, -0.25) is 14.5 Å². The zero-order valence-corrected chi connectivity index (χ0v) is 18.2. The molecule has 0 aliphatic carbocycles. The number of likely N-dealkylation sites (N-methyl/N-ethyl adjacent to an activating group) is 1. The summed E-state index contributed by atoms with van der Waals surface area (Å²) in [6, 6.07) is 15.6. The first-order valence-electron chi connectivity index (χ1n) is 9.26. The summed E-state index contributed by atoms with van der Waals surface area (Å²) in [6.07, 6.45) is 0. The summed E-state index contributed by atoms with van der Waals surface area (Å²) in [5.74, 6) is 0.499. The summed E-state index contributed by atoms with van der Waals surface area (Å²) in [5, 5.41) is 10.8. The van der Waals surface area contributed by atoms with E-state index in [0.29, 0.717) is 22.2 Å². The van der Waals surface area contributed by atoms with E-state index in [9.17, 15) is 4.79 Å². The molecule has 0 aliphatic rings. The number of H-pyrrole nitrogens is 1. The Hall–Kier alpha value is -2.48. The predicted molar refractivity (Wildman–Crippen MR) is 118 cm³/mol. The number of carbonyl (C=O) groups is 1. The summed E-state index contributed by atoms with van der Waals surface area (Å²) < 4.78 is 2.12. The fourth-order valence-corrected chi connectivity index (χ4v) is 3.65. The molecule has 8 heteroatoms. The number of aromatic amines is 1. The van der Waals surface area contributed by atoms with Gasteiger partial charge in [-0.15, -0.1) is 0 Å². The van der Waals surface area contributed by atoms with Crippen LogP contribution in [0, 0.1) is 11.7 Å². The Labute approximate surface area is 180 Å². The zero-order chi connectivity index (χ0) is 21.0. The van der Waals surface area contributed by atoms with Gasteiger partial charge in [0, 0.05) is 17.1 Å². The van der Waals surface area contributed by atoms with Crippen molar-refractivity contribution in [1.82, 2.24) is 25.0 Å². The van der Waals surface area contributed by atoms with Crippen LogP contribution in [0.1, 0.15) is 17.2 Å². The predicted octanol–water partition coefficient (Wildman–Crippen LogP) is 3.99. The van der Waals surface area contributed by atoms with E-state index < -0.39 is 0 Å². The van der Waals surface area contributed by atoms with E-state index >= 15 is 0 Å². The minimum atomic E-state index is -0.143. The second-order valence-corrected chi connectivity index (χ2v) is 7.91. The summed E-state index contributed by atoms with van der Waals surface area (Å²) in [7, 11) is 3.92. The molecule has 6 nitrogen and oxygen atoms in total. The molecule has 0 spiro atoms. The molecule has 1 aromatic heterocycles. The van der Waals surface area contributed by atoms with Crippen molar-refractivity contribution in [2.24, 2.45) is 0 Å². The van der Waals surface area contributed by atoms with Gasteiger partial charge in [-0.1, -0.05) is 53.6 Å². The van der Waals surface area contributed by atoms with Gasteiger partial charge in [0.05, 0.1) is 6.04 Å². The van der Waals surface area contributed by atoms with Gasteiger partial charge in [0.15, 0.2) is 10.6 Å². The fourth-order valence-electron chi connectivity index (χ4n) is 3.19. The van der Waals surface area contributed by atoms with Gasteiger partial charge in [0.2, 0.25) is 5.91 Å². The third-order valence-corrected chi connectivity index (χ3v) is 5.37. The number of hydrogen-bond donors (Lipinski definition) is 2. The van der Waals surface area contributed by atoms with E-state index in [-0.39, 0.29) is 18.5 Å². The van der Waals surface area contributed by atoms with Crippen LogP contribution in [0.4, 0.5) is 0 Å². The standard InChI is InChI=1S/C21H24ClN5OS/c1-14-7-6-8-15(11-14)20-24-25-21(29)27(20)13-19(28)23-12-18(26(2)3)16-9-4-5-10-17(16)22/h4-11,18H,12-13H2,1-3H3,(H,23,28)(H,25,29)/t18-/m1/s1. The van der Waals surface area contributed by atoms with Crippen LogP contribution in [0.5, 0.6) is 0 Å². The second kappa shape index (κ2) is 9.35. The molecule has 3 aromatic rings. The van der Waals surface area contributed by atoms with Crippen molar-refractivity contribution in [2.75, 3.05) is 20.6 Å². The van der Waals surface area contributed by atoms with Crippen LogP contribution in [0.25, 0.3) is 11.4 Å². The van der Waals surface area contributed by atoms with Gasteiger partial charge in [-0.2, -0.15) is 5.10 Å². The van der Waals surface area contributed by atoms with Gasteiger partial charge in [-0.05, 0) is 50.9 Å². The van der Waals surface area contributed by atoms with Crippen molar-refractivity contribution in [3.63, 3.8) is 0 Å². The molecule has 152 valence electrons. The molecule has 2 N–H and O–H groups in total. The number of nitrogens with zero attached hydrogens (tertiary/aromatic N) is 3. The van der Waals surface area contributed by atoms with Crippen LogP contribution >= 0.6 is 23.8 Å². The maximum Gasteiger partial charge on any atom is 0.240 e. The van der Waals surface area contributed by atoms with E-state index in [0.717, 1.165) is 16.7 Å². The Morgan fingerprint density at radius 2 is 2.03 bits per heavy atom. The highest BCUT2D eigenvalue weighted by Gasteiger charge is 2.19. The number of carbonyl (C=O) groups excluding carboxylic acids is 1. The fraction of sp³-hybridized carbons (Fsp3) is 0.286. The highest BCUT2D eigenvalue weighted by Crippen LogP contribution is 2.25. The monoisotopic (exact) mass is 429 g/mol. The van der Waals surface area contributed by atoms with Crippen LogP contribution in [0.15, 0.2) is 48.5 Å². The number of aryl methyl sites for hydroxylation is 1. The first-order chi connectivity index (χ1) is 13.9. The molecule has 29 heavy (non-hydrogen) atoms. The Morgan fingerprint density at radius 1 is 1.28 bits per heavy atom. The number of halogens is 1. The molecular weight excluding hydrogens is 406 g/mol. The molecule has 3 rings (SSSR count). The quantitative estimate of drug-likeness (QED) is 0.557. The van der Waals surface area contributed by atoms with E-state index in [2.05, 4.69) is 15.5 Å². The van der Waals surface area contributed by atoms with Crippen molar-refractivity contribution < 1.29 is 4.79 Å². The average molecular weight is 430 g/mol. The summed E-state index contributed by atoms with van der Waals surface area (Å²) in [5.41, 5.74) is 2.99. The lowest BCUT2D eigenvalue weighted by molar-refractivity contribution is -0.121. The van der Waals surface area contributed by atoms with Gasteiger partial charge in [0.1, 0.15) is 6.54 Å². The average Bonchev–Trinajstić information content (AvgIpc) is 3.03. The lowest BCUT2D eigenvalue weighted by atomic mass is 10.1. The molecule has 0 fully saturated rings. The third-order valence-electron chi connectivity index (χ3n) is 4.72. The lowest BCUT2D eigenvalue weighted by Crippen LogP contribution is -2.36. The molecular formula is C21H24ClN5OS. The SMILES string of the molecule is Cc1cccc(-c2n[nH]c(=S)n2CC(=O)NC[C@H](c2ccccc2Cl)N(C)C)c1. The van der Waals surface area contributed by atoms with Crippen LogP contribution in [-0.4, -0.2) is 46.2 Å². The minimum absolute atomic E-state index is 0.0405. The van der Waals surface area contributed by atoms with Crippen molar-refractivity contribution in [2.45, 2.75) is 19.5 Å². The van der Waals surface area contributed by atoms with Crippen molar-refractivity contribution in [3.8, 4) is 11.4 Å². The molecule has 0 bridgehead atoms. The van der Waals surface area contributed by atoms with Gasteiger partial charge < -0.3 is 10.2 Å². The van der Waals surface area contributed by atoms with E-state index in [1.54, 1.807) is 4.57 Å². The molecule has 0 radical (unpaired) electrons. The first-order valence-corrected chi connectivity index (χ1v) is 10.0. The van der Waals surface area contributed by atoms with Gasteiger partial charge in [0.25, 0.3) is 0 Å². The van der Waals surface area contributed by atoms with Crippen molar-refractivity contribution >= 4 is 29.7 Å². The largest absolute Gasteiger partial charge is 0.353 e. The van der Waals surface area contributed by atoms with Crippen LogP contribution in [-0.2, 0) is 11.3 Å². The van der Waals surface area contributed by atoms with Crippen molar-refractivity contribution in [3.05, 3.63) is 69.5 Å². The van der Waals surface area contributed by atoms with Crippen molar-refractivity contribution in [1.29, 1.82) is 0 Å². The van der Waals surface area contributed by atoms with E-state index in [1.165, 1.54) is 0 Å². The third kappa shape index (κ3) is 5.12. The maximum atomic E-state index is 12.7. The smallest absolute Gasteiger partial charge is 0.240 e. The highest BCUT2D eigenvalue weighted by molar-refractivity contribution is 7.71. The molecule has 1 heterocycles. The highest BCUT2D eigenvalue weighted by atomic mass is 35.5. The van der Waals surface area contributed by atoms with Gasteiger partial charge in [-0.25, -0.2) is 0 Å². The Morgan fingerprint density at radius 3 is 2.72 bits per heavy atom. The minimum Gasteiger partial charge on any atom is -0.353 e. The Balaban J connectivity index is 1.74. The normalized spacial score (nSPS) is 12.2. The lowest BCUT2D eigenvalue weighted by Gasteiger charge is -2.26. The van der Waals surface area contributed by atoms with Crippen LogP contribution < -0.4 is 5.32 Å².